The number of aliphatic hydroxyl groups excluding tert-OH is 1. The maximum atomic E-state index is 12.6. The largest absolute Gasteiger partial charge is 0.467 e. The van der Waals surface area contributed by atoms with Crippen molar-refractivity contribution < 1.29 is 24.2 Å². The van der Waals surface area contributed by atoms with Gasteiger partial charge in [-0.2, -0.15) is 0 Å². The number of nitrogens with one attached hydrogen (secondary N) is 1. The molecule has 3 aromatic rings. The molecule has 2 atom stereocenters. The van der Waals surface area contributed by atoms with Crippen molar-refractivity contribution in [2.75, 3.05) is 13.7 Å². The number of hydrogen-bond donors (Lipinski definition) is 2. The minimum absolute atomic E-state index is 0.0982. The minimum Gasteiger partial charge on any atom is -0.467 e. The molecule has 0 aliphatic heterocycles. The summed E-state index contributed by atoms with van der Waals surface area (Å²) in [4.78, 5) is 24.8. The number of methoxy groups -OCH3 is 1. The second-order valence-electron chi connectivity index (χ2n) is 7.73. The highest BCUT2D eigenvalue weighted by Gasteiger charge is 2.32. The molecule has 0 aromatic heterocycles. The van der Waals surface area contributed by atoms with E-state index in [1.165, 1.54) is 7.11 Å². The van der Waals surface area contributed by atoms with E-state index >= 15 is 0 Å². The molecule has 4 rings (SSSR count). The minimum atomic E-state index is -1.24. The van der Waals surface area contributed by atoms with Gasteiger partial charge in [-0.15, -0.1) is 0 Å². The van der Waals surface area contributed by atoms with Gasteiger partial charge in [0.15, 0.2) is 6.04 Å². The van der Waals surface area contributed by atoms with E-state index < -0.39 is 24.2 Å². The second-order valence-corrected chi connectivity index (χ2v) is 7.73. The molecule has 0 fully saturated rings. The zero-order chi connectivity index (χ0) is 22.5. The molecule has 6 heteroatoms. The van der Waals surface area contributed by atoms with Gasteiger partial charge in [0.2, 0.25) is 0 Å². The van der Waals surface area contributed by atoms with Crippen molar-refractivity contribution >= 4 is 12.1 Å². The van der Waals surface area contributed by atoms with E-state index in [4.69, 9.17) is 9.47 Å². The summed E-state index contributed by atoms with van der Waals surface area (Å²) in [5.41, 5.74) is 5.28. The van der Waals surface area contributed by atoms with Crippen molar-refractivity contribution in [3.8, 4) is 11.1 Å². The van der Waals surface area contributed by atoms with E-state index in [9.17, 15) is 14.7 Å². The normalized spacial score (nSPS) is 14.1. The van der Waals surface area contributed by atoms with Gasteiger partial charge >= 0.3 is 12.1 Å². The quantitative estimate of drug-likeness (QED) is 0.558. The molecule has 3 aromatic carbocycles. The van der Waals surface area contributed by atoms with Crippen molar-refractivity contribution in [3.05, 3.63) is 95.6 Å². The van der Waals surface area contributed by atoms with Crippen LogP contribution in [0.1, 0.15) is 22.6 Å². The number of benzene rings is 3. The van der Waals surface area contributed by atoms with Gasteiger partial charge in [-0.25, -0.2) is 9.59 Å². The molecule has 6 nitrogen and oxygen atoms in total. The summed E-state index contributed by atoms with van der Waals surface area (Å²) in [7, 11) is 1.21. The Hall–Kier alpha value is -3.64. The molecule has 164 valence electrons. The maximum Gasteiger partial charge on any atom is 0.407 e. The predicted octanol–water partition coefficient (Wildman–Crippen LogP) is 3.67. The molecule has 0 saturated carbocycles. The first kappa shape index (κ1) is 21.6. The second kappa shape index (κ2) is 9.66. The van der Waals surface area contributed by atoms with Crippen molar-refractivity contribution in [2.45, 2.75) is 24.5 Å². The van der Waals surface area contributed by atoms with Gasteiger partial charge in [0.25, 0.3) is 0 Å². The Kier molecular flexibility index (Phi) is 6.52. The van der Waals surface area contributed by atoms with Crippen LogP contribution in [0.25, 0.3) is 11.1 Å². The van der Waals surface area contributed by atoms with Gasteiger partial charge < -0.3 is 19.9 Å². The average Bonchev–Trinajstić information content (AvgIpc) is 3.15. The van der Waals surface area contributed by atoms with Crippen molar-refractivity contribution in [1.82, 2.24) is 5.32 Å². The summed E-state index contributed by atoms with van der Waals surface area (Å²) in [5.74, 6) is -0.832. The number of alkyl carbamates (subject to hydrolysis) is 1. The summed E-state index contributed by atoms with van der Waals surface area (Å²) >= 11 is 0. The van der Waals surface area contributed by atoms with Crippen molar-refractivity contribution in [1.29, 1.82) is 0 Å². The Morgan fingerprint density at radius 3 is 2.06 bits per heavy atom. The number of fused-ring (bicyclic) bond motifs is 3. The third kappa shape index (κ3) is 4.50. The molecule has 2 N–H and O–H groups in total. The first-order valence-corrected chi connectivity index (χ1v) is 10.5. The number of ether oxygens (including phenoxy) is 2. The molecule has 1 aliphatic carbocycles. The van der Waals surface area contributed by atoms with Crippen LogP contribution >= 0.6 is 0 Å². The van der Waals surface area contributed by atoms with Gasteiger partial charge in [0.1, 0.15) is 6.61 Å². The van der Waals surface area contributed by atoms with E-state index in [1.807, 2.05) is 66.7 Å². The van der Waals surface area contributed by atoms with Crippen LogP contribution < -0.4 is 5.32 Å². The topological polar surface area (TPSA) is 84.9 Å². The van der Waals surface area contributed by atoms with Crippen LogP contribution in [0, 0.1) is 0 Å². The number of hydrogen-bond acceptors (Lipinski definition) is 5. The Balaban J connectivity index is 1.43. The number of carbonyl (C=O) groups excluding carboxylic acids is 2. The van der Waals surface area contributed by atoms with Crippen LogP contribution in [0.4, 0.5) is 4.79 Å². The van der Waals surface area contributed by atoms with E-state index in [0.29, 0.717) is 0 Å². The van der Waals surface area contributed by atoms with Crippen LogP contribution in [0.3, 0.4) is 0 Å². The number of carbonyl (C=O) groups is 2. The molecular weight excluding hydrogens is 406 g/mol. The third-order valence-corrected chi connectivity index (χ3v) is 5.74. The first-order valence-electron chi connectivity index (χ1n) is 10.5. The van der Waals surface area contributed by atoms with Gasteiger partial charge in [-0.1, -0.05) is 78.9 Å². The highest BCUT2D eigenvalue weighted by atomic mass is 16.6. The van der Waals surface area contributed by atoms with Gasteiger partial charge in [-0.3, -0.25) is 0 Å². The van der Waals surface area contributed by atoms with E-state index in [1.54, 1.807) is 0 Å². The SMILES string of the molecule is COC(=O)C(NC(=O)OCC1c2ccccc2-c2ccccc21)C(O)Cc1ccccc1. The summed E-state index contributed by atoms with van der Waals surface area (Å²) in [5, 5.41) is 13.1. The Morgan fingerprint density at radius 1 is 0.906 bits per heavy atom. The molecule has 0 heterocycles. The van der Waals surface area contributed by atoms with Gasteiger partial charge in [-0.05, 0) is 27.8 Å². The van der Waals surface area contributed by atoms with Crippen LogP contribution in [0.2, 0.25) is 0 Å². The number of amides is 1. The summed E-state index contributed by atoms with van der Waals surface area (Å²) < 4.78 is 10.3. The van der Waals surface area contributed by atoms with E-state index in [-0.39, 0.29) is 18.9 Å². The maximum absolute atomic E-state index is 12.6. The average molecular weight is 431 g/mol. The Labute approximate surface area is 186 Å². The first-order chi connectivity index (χ1) is 15.6. The lowest BCUT2D eigenvalue weighted by atomic mass is 9.98. The van der Waals surface area contributed by atoms with Gasteiger partial charge in [0.05, 0.1) is 13.2 Å². The fraction of sp³-hybridized carbons (Fsp3) is 0.231. The molecule has 0 radical (unpaired) electrons. The lowest BCUT2D eigenvalue weighted by molar-refractivity contribution is -0.146. The lowest BCUT2D eigenvalue weighted by Crippen LogP contribution is -2.50. The van der Waals surface area contributed by atoms with E-state index in [0.717, 1.165) is 27.8 Å². The molecule has 0 bridgehead atoms. The van der Waals surface area contributed by atoms with Crippen LogP contribution in [0.15, 0.2) is 78.9 Å². The number of esters is 1. The zero-order valence-electron chi connectivity index (χ0n) is 17.7. The fourth-order valence-corrected chi connectivity index (χ4v) is 4.18. The summed E-state index contributed by atoms with van der Waals surface area (Å²) in [6.45, 7) is 0.114. The molecule has 0 saturated heterocycles. The number of rotatable bonds is 7. The van der Waals surface area contributed by atoms with Gasteiger partial charge in [0, 0.05) is 12.3 Å². The number of aliphatic hydroxyl groups is 1. The Bertz CT molecular complexity index is 1050. The van der Waals surface area contributed by atoms with Crippen LogP contribution in [-0.4, -0.2) is 43.0 Å². The monoisotopic (exact) mass is 431 g/mol. The van der Waals surface area contributed by atoms with E-state index in [2.05, 4.69) is 17.4 Å². The molecule has 1 amide bonds. The Morgan fingerprint density at radius 2 is 1.47 bits per heavy atom. The summed E-state index contributed by atoms with van der Waals surface area (Å²) in [6, 6.07) is 24.1. The molecule has 2 unspecified atom stereocenters. The fourth-order valence-electron chi connectivity index (χ4n) is 4.18. The molecule has 32 heavy (non-hydrogen) atoms. The van der Waals surface area contributed by atoms with Crippen molar-refractivity contribution in [2.24, 2.45) is 0 Å². The smallest absolute Gasteiger partial charge is 0.407 e. The molecule has 1 aliphatic rings. The zero-order valence-corrected chi connectivity index (χ0v) is 17.7. The van der Waals surface area contributed by atoms with Crippen molar-refractivity contribution in [3.63, 3.8) is 0 Å². The van der Waals surface area contributed by atoms with Crippen LogP contribution in [0.5, 0.6) is 0 Å². The standard InChI is InChI=1S/C26H25NO5/c1-31-25(29)24(23(28)15-17-9-3-2-4-10-17)27-26(30)32-16-22-20-13-7-5-11-18(20)19-12-6-8-14-21(19)22/h2-14,22-24,28H,15-16H2,1H3,(H,27,30). The lowest BCUT2D eigenvalue weighted by Gasteiger charge is -2.22. The van der Waals surface area contributed by atoms with Crippen LogP contribution in [-0.2, 0) is 20.7 Å². The molecule has 0 spiro atoms. The highest BCUT2D eigenvalue weighted by Crippen LogP contribution is 2.44. The third-order valence-electron chi connectivity index (χ3n) is 5.74. The predicted molar refractivity (Wildman–Crippen MR) is 120 cm³/mol. The highest BCUT2D eigenvalue weighted by molar-refractivity contribution is 5.82. The summed E-state index contributed by atoms with van der Waals surface area (Å²) in [6.07, 6.45) is -1.76. The molecular formula is C26H25NO5.